The van der Waals surface area contributed by atoms with Gasteiger partial charge in [-0.2, -0.15) is 0 Å². The standard InChI is InChI=1S/C21H29ClN6S/c1-23-20(24-8-7-18-16-29-21(25-18)28-9-2-3-10-28)27-13-11-26(12-14-27)19-6-4-5-17(22)15-19/h4-6,15-16H,2-3,7-14H2,1H3,(H,23,24). The summed E-state index contributed by atoms with van der Waals surface area (Å²) >= 11 is 7.91. The molecule has 0 unspecified atom stereocenters. The Morgan fingerprint density at radius 1 is 1.14 bits per heavy atom. The minimum atomic E-state index is 0.789. The second-order valence-corrected chi connectivity index (χ2v) is 8.77. The number of benzene rings is 1. The number of thiazole rings is 1. The monoisotopic (exact) mass is 432 g/mol. The van der Waals surface area contributed by atoms with E-state index in [-0.39, 0.29) is 0 Å². The number of rotatable bonds is 5. The zero-order valence-electron chi connectivity index (χ0n) is 17.0. The second-order valence-electron chi connectivity index (χ2n) is 7.49. The number of anilines is 2. The van der Waals surface area contributed by atoms with Crippen LogP contribution in [0, 0.1) is 0 Å². The average molecular weight is 433 g/mol. The number of hydrogen-bond acceptors (Lipinski definition) is 5. The Hall–Kier alpha value is -1.99. The Kier molecular flexibility index (Phi) is 6.77. The van der Waals surface area contributed by atoms with Gasteiger partial charge in [-0.15, -0.1) is 11.3 Å². The lowest BCUT2D eigenvalue weighted by molar-refractivity contribution is 0.373. The van der Waals surface area contributed by atoms with Crippen molar-refractivity contribution in [2.24, 2.45) is 4.99 Å². The maximum absolute atomic E-state index is 6.14. The van der Waals surface area contributed by atoms with E-state index >= 15 is 0 Å². The van der Waals surface area contributed by atoms with Crippen LogP contribution in [0.15, 0.2) is 34.6 Å². The minimum absolute atomic E-state index is 0.789. The molecule has 1 aromatic heterocycles. The molecule has 3 heterocycles. The van der Waals surface area contributed by atoms with E-state index in [1.54, 1.807) is 11.3 Å². The zero-order valence-corrected chi connectivity index (χ0v) is 18.6. The molecule has 2 fully saturated rings. The predicted molar refractivity (Wildman–Crippen MR) is 124 cm³/mol. The van der Waals surface area contributed by atoms with Crippen molar-refractivity contribution < 1.29 is 0 Å². The molecule has 2 aromatic rings. The van der Waals surface area contributed by atoms with Gasteiger partial charge in [-0.3, -0.25) is 4.99 Å². The molecule has 0 spiro atoms. The van der Waals surface area contributed by atoms with E-state index in [1.165, 1.54) is 29.4 Å². The average Bonchev–Trinajstić information content (AvgIpc) is 3.43. The second kappa shape index (κ2) is 9.67. The SMILES string of the molecule is CN=C(NCCc1csc(N2CCCC2)n1)N1CCN(c2cccc(Cl)c2)CC1. The Bertz CT molecular complexity index is 824. The molecule has 2 saturated heterocycles. The van der Waals surface area contributed by atoms with Gasteiger partial charge < -0.3 is 20.0 Å². The fourth-order valence-corrected chi connectivity index (χ4v) is 5.05. The molecule has 0 aliphatic carbocycles. The number of nitrogens with zero attached hydrogens (tertiary/aromatic N) is 5. The summed E-state index contributed by atoms with van der Waals surface area (Å²) in [7, 11) is 1.86. The van der Waals surface area contributed by atoms with Crippen LogP contribution in [0.25, 0.3) is 0 Å². The predicted octanol–water partition coefficient (Wildman–Crippen LogP) is 3.34. The van der Waals surface area contributed by atoms with Crippen LogP contribution < -0.4 is 15.1 Å². The highest BCUT2D eigenvalue weighted by Gasteiger charge is 2.20. The number of hydrogen-bond donors (Lipinski definition) is 1. The summed E-state index contributed by atoms with van der Waals surface area (Å²) in [6, 6.07) is 8.09. The van der Waals surface area contributed by atoms with Crippen LogP contribution in [-0.4, -0.2) is 68.7 Å². The van der Waals surface area contributed by atoms with Crippen LogP contribution in [0.2, 0.25) is 5.02 Å². The van der Waals surface area contributed by atoms with E-state index in [4.69, 9.17) is 16.6 Å². The van der Waals surface area contributed by atoms with Gasteiger partial charge in [0.2, 0.25) is 0 Å². The lowest BCUT2D eigenvalue weighted by atomic mass is 10.2. The van der Waals surface area contributed by atoms with Crippen molar-refractivity contribution in [1.82, 2.24) is 15.2 Å². The molecular weight excluding hydrogens is 404 g/mol. The highest BCUT2D eigenvalue weighted by molar-refractivity contribution is 7.13. The van der Waals surface area contributed by atoms with Gasteiger partial charge in [0.05, 0.1) is 5.69 Å². The molecule has 1 N–H and O–H groups in total. The van der Waals surface area contributed by atoms with Gasteiger partial charge in [-0.05, 0) is 31.0 Å². The molecule has 0 atom stereocenters. The fourth-order valence-electron chi connectivity index (χ4n) is 3.95. The number of guanidine groups is 1. The molecule has 8 heteroatoms. The normalized spacial score (nSPS) is 17.9. The highest BCUT2D eigenvalue weighted by atomic mass is 35.5. The van der Waals surface area contributed by atoms with Crippen molar-refractivity contribution in [3.8, 4) is 0 Å². The van der Waals surface area contributed by atoms with Crippen molar-refractivity contribution in [2.75, 3.05) is 62.7 Å². The summed E-state index contributed by atoms with van der Waals surface area (Å²) in [4.78, 5) is 16.4. The Balaban J connectivity index is 1.24. The first-order chi connectivity index (χ1) is 14.2. The first-order valence-corrected chi connectivity index (χ1v) is 11.6. The molecule has 0 amide bonds. The summed E-state index contributed by atoms with van der Waals surface area (Å²) in [5.74, 6) is 0.978. The van der Waals surface area contributed by atoms with Crippen molar-refractivity contribution in [2.45, 2.75) is 19.3 Å². The molecule has 0 saturated carbocycles. The van der Waals surface area contributed by atoms with E-state index < -0.39 is 0 Å². The van der Waals surface area contributed by atoms with E-state index in [2.05, 4.69) is 36.5 Å². The summed E-state index contributed by atoms with van der Waals surface area (Å²) in [5.41, 5.74) is 2.36. The first kappa shape index (κ1) is 20.3. The zero-order chi connectivity index (χ0) is 20.1. The highest BCUT2D eigenvalue weighted by Crippen LogP contribution is 2.24. The lowest BCUT2D eigenvalue weighted by Crippen LogP contribution is -2.52. The largest absolute Gasteiger partial charge is 0.368 e. The summed E-state index contributed by atoms with van der Waals surface area (Å²) in [5, 5.41) is 7.68. The lowest BCUT2D eigenvalue weighted by Gasteiger charge is -2.37. The van der Waals surface area contributed by atoms with Crippen molar-refractivity contribution in [3.63, 3.8) is 0 Å². The van der Waals surface area contributed by atoms with Crippen molar-refractivity contribution >= 4 is 39.7 Å². The fraction of sp³-hybridized carbons (Fsp3) is 0.524. The van der Waals surface area contributed by atoms with Gasteiger partial charge in [-0.25, -0.2) is 4.98 Å². The van der Waals surface area contributed by atoms with Crippen LogP contribution in [0.3, 0.4) is 0 Å². The molecule has 156 valence electrons. The Morgan fingerprint density at radius 3 is 2.66 bits per heavy atom. The molecule has 2 aliphatic heterocycles. The van der Waals surface area contributed by atoms with Crippen LogP contribution in [0.1, 0.15) is 18.5 Å². The molecule has 29 heavy (non-hydrogen) atoms. The summed E-state index contributed by atoms with van der Waals surface area (Å²) < 4.78 is 0. The van der Waals surface area contributed by atoms with Crippen LogP contribution >= 0.6 is 22.9 Å². The van der Waals surface area contributed by atoms with Crippen molar-refractivity contribution in [3.05, 3.63) is 40.4 Å². The Labute approximate surface area is 182 Å². The molecular formula is C21H29ClN6S. The van der Waals surface area contributed by atoms with Crippen LogP contribution in [-0.2, 0) is 6.42 Å². The van der Waals surface area contributed by atoms with Gasteiger partial charge in [0.25, 0.3) is 0 Å². The Morgan fingerprint density at radius 2 is 1.93 bits per heavy atom. The molecule has 0 bridgehead atoms. The quantitative estimate of drug-likeness (QED) is 0.580. The van der Waals surface area contributed by atoms with Gasteiger partial charge in [0.15, 0.2) is 11.1 Å². The number of nitrogens with one attached hydrogen (secondary N) is 1. The van der Waals surface area contributed by atoms with Gasteiger partial charge in [-0.1, -0.05) is 17.7 Å². The molecule has 2 aliphatic rings. The maximum Gasteiger partial charge on any atom is 0.193 e. The number of aromatic nitrogens is 1. The van der Waals surface area contributed by atoms with Crippen molar-refractivity contribution in [1.29, 1.82) is 0 Å². The number of piperazine rings is 1. The minimum Gasteiger partial charge on any atom is -0.368 e. The third-order valence-electron chi connectivity index (χ3n) is 5.54. The van der Waals surface area contributed by atoms with E-state index in [9.17, 15) is 0 Å². The van der Waals surface area contributed by atoms with E-state index in [0.717, 1.165) is 63.2 Å². The van der Waals surface area contributed by atoms with Gasteiger partial charge in [0, 0.05) is 75.4 Å². The molecule has 0 radical (unpaired) electrons. The van der Waals surface area contributed by atoms with Gasteiger partial charge >= 0.3 is 0 Å². The third-order valence-corrected chi connectivity index (χ3v) is 6.73. The third kappa shape index (κ3) is 5.14. The number of halogens is 1. The summed E-state index contributed by atoms with van der Waals surface area (Å²) in [6.45, 7) is 6.98. The van der Waals surface area contributed by atoms with Crippen LogP contribution in [0.4, 0.5) is 10.8 Å². The maximum atomic E-state index is 6.14. The topological polar surface area (TPSA) is 47.0 Å². The summed E-state index contributed by atoms with van der Waals surface area (Å²) in [6.07, 6.45) is 3.50. The van der Waals surface area contributed by atoms with E-state index in [1.807, 2.05) is 25.2 Å². The molecule has 6 nitrogen and oxygen atoms in total. The van der Waals surface area contributed by atoms with Crippen LogP contribution in [0.5, 0.6) is 0 Å². The molecule has 4 rings (SSSR count). The van der Waals surface area contributed by atoms with Gasteiger partial charge in [0.1, 0.15) is 0 Å². The smallest absolute Gasteiger partial charge is 0.193 e. The molecule has 1 aromatic carbocycles. The van der Waals surface area contributed by atoms with E-state index in [0.29, 0.717) is 0 Å². The first-order valence-electron chi connectivity index (χ1n) is 10.4. The number of aliphatic imine (C=N–C) groups is 1.